The zero-order valence-electron chi connectivity index (χ0n) is 16.4. The van der Waals surface area contributed by atoms with Crippen LogP contribution in [0, 0.1) is 5.92 Å². The van der Waals surface area contributed by atoms with E-state index >= 15 is 0 Å². The zero-order chi connectivity index (χ0) is 21.2. The molecule has 0 radical (unpaired) electrons. The minimum absolute atomic E-state index is 0.0292. The maximum Gasteiger partial charge on any atom is 0.240 e. The number of hydrogen-bond donors (Lipinski definition) is 3. The molecule has 29 heavy (non-hydrogen) atoms. The number of sulfonamides is 1. The van der Waals surface area contributed by atoms with Gasteiger partial charge in [0.15, 0.2) is 11.5 Å². The van der Waals surface area contributed by atoms with E-state index in [1.54, 1.807) is 32.0 Å². The molecule has 8 nitrogen and oxygen atoms in total. The first kappa shape index (κ1) is 21.1. The zero-order valence-corrected chi connectivity index (χ0v) is 17.2. The minimum Gasteiger partial charge on any atom is -0.454 e. The maximum atomic E-state index is 12.6. The van der Waals surface area contributed by atoms with Crippen molar-refractivity contribution in [1.82, 2.24) is 4.72 Å². The van der Waals surface area contributed by atoms with Gasteiger partial charge in [0.2, 0.25) is 22.7 Å². The normalized spacial score (nSPS) is 15.2. The lowest BCUT2D eigenvalue weighted by atomic mass is 9.96. The van der Waals surface area contributed by atoms with Crippen LogP contribution < -0.4 is 19.5 Å². The molecule has 0 spiro atoms. The Balaban J connectivity index is 1.68. The molecule has 0 saturated heterocycles. The van der Waals surface area contributed by atoms with Gasteiger partial charge in [0, 0.05) is 18.2 Å². The lowest BCUT2D eigenvalue weighted by molar-refractivity contribution is -0.118. The Bertz CT molecular complexity index is 1000. The van der Waals surface area contributed by atoms with E-state index in [2.05, 4.69) is 10.0 Å². The average molecular weight is 420 g/mol. The molecule has 1 heterocycles. The van der Waals surface area contributed by atoms with Crippen molar-refractivity contribution in [3.05, 3.63) is 48.0 Å². The number of nitrogens with one attached hydrogen (secondary N) is 2. The van der Waals surface area contributed by atoms with Crippen LogP contribution in [0.2, 0.25) is 0 Å². The Kier molecular flexibility index (Phi) is 5.83. The number of aliphatic hydroxyl groups is 1. The highest BCUT2D eigenvalue weighted by atomic mass is 32.2. The number of hydrogen-bond acceptors (Lipinski definition) is 6. The molecule has 156 valence electrons. The third-order valence-corrected chi connectivity index (χ3v) is 5.97. The van der Waals surface area contributed by atoms with Gasteiger partial charge in [-0.1, -0.05) is 19.9 Å². The van der Waals surface area contributed by atoms with Crippen LogP contribution in [0.4, 0.5) is 5.69 Å². The summed E-state index contributed by atoms with van der Waals surface area (Å²) in [5.41, 5.74) is -0.453. The van der Waals surface area contributed by atoms with E-state index < -0.39 is 15.6 Å². The van der Waals surface area contributed by atoms with Gasteiger partial charge in [0.25, 0.3) is 0 Å². The van der Waals surface area contributed by atoms with E-state index in [4.69, 9.17) is 9.47 Å². The number of amides is 1. The van der Waals surface area contributed by atoms with Gasteiger partial charge in [-0.05, 0) is 48.9 Å². The molecule has 9 heteroatoms. The lowest BCUT2D eigenvalue weighted by Crippen LogP contribution is -2.38. The van der Waals surface area contributed by atoms with E-state index in [1.807, 2.05) is 0 Å². The Labute approximate surface area is 169 Å². The largest absolute Gasteiger partial charge is 0.454 e. The SMILES string of the molecule is CC(C)C(=O)Nc1ccc(S(=O)(=O)NCC(C)(O)c2ccc3c(c2)OCO3)cc1. The molecule has 1 unspecified atom stereocenters. The second-order valence-corrected chi connectivity index (χ2v) is 9.10. The first-order chi connectivity index (χ1) is 13.6. The van der Waals surface area contributed by atoms with Gasteiger partial charge >= 0.3 is 0 Å². The van der Waals surface area contributed by atoms with Crippen LogP contribution in [-0.2, 0) is 20.4 Å². The van der Waals surface area contributed by atoms with E-state index in [0.717, 1.165) is 0 Å². The monoisotopic (exact) mass is 420 g/mol. The summed E-state index contributed by atoms with van der Waals surface area (Å²) in [6.45, 7) is 4.92. The van der Waals surface area contributed by atoms with Crippen molar-refractivity contribution >= 4 is 21.6 Å². The van der Waals surface area contributed by atoms with Crippen molar-refractivity contribution in [2.24, 2.45) is 5.92 Å². The smallest absolute Gasteiger partial charge is 0.240 e. The Morgan fingerprint density at radius 1 is 1.14 bits per heavy atom. The van der Waals surface area contributed by atoms with Crippen molar-refractivity contribution in [2.75, 3.05) is 18.7 Å². The molecule has 0 saturated carbocycles. The lowest BCUT2D eigenvalue weighted by Gasteiger charge is -2.24. The van der Waals surface area contributed by atoms with Crippen LogP contribution in [0.1, 0.15) is 26.3 Å². The third-order valence-electron chi connectivity index (χ3n) is 4.56. The number of carbonyl (C=O) groups is 1. The number of fused-ring (bicyclic) bond motifs is 1. The molecule has 1 atom stereocenters. The number of rotatable bonds is 7. The van der Waals surface area contributed by atoms with E-state index in [-0.39, 0.29) is 30.1 Å². The van der Waals surface area contributed by atoms with Crippen molar-refractivity contribution in [1.29, 1.82) is 0 Å². The molecule has 0 fully saturated rings. The van der Waals surface area contributed by atoms with Crippen LogP contribution in [0.25, 0.3) is 0 Å². The number of carbonyl (C=O) groups excluding carboxylic acids is 1. The third kappa shape index (κ3) is 4.87. The molecule has 2 aromatic carbocycles. The van der Waals surface area contributed by atoms with Crippen LogP contribution in [-0.4, -0.2) is 32.8 Å². The molecule has 3 N–H and O–H groups in total. The fraction of sp³-hybridized carbons (Fsp3) is 0.350. The molecule has 2 aromatic rings. The van der Waals surface area contributed by atoms with Gasteiger partial charge in [0.05, 0.1) is 4.90 Å². The summed E-state index contributed by atoms with van der Waals surface area (Å²) >= 11 is 0. The summed E-state index contributed by atoms with van der Waals surface area (Å²) in [4.78, 5) is 11.8. The predicted octanol–water partition coefficient (Wildman–Crippen LogP) is 2.20. The maximum absolute atomic E-state index is 12.6. The van der Waals surface area contributed by atoms with Crippen LogP contribution in [0.5, 0.6) is 11.5 Å². The summed E-state index contributed by atoms with van der Waals surface area (Å²) < 4.78 is 38.1. The minimum atomic E-state index is -3.85. The van der Waals surface area contributed by atoms with Crippen LogP contribution >= 0.6 is 0 Å². The standard InChI is InChI=1S/C20H24N2O6S/c1-13(2)19(23)22-15-5-7-16(8-6-15)29(25,26)21-11-20(3,24)14-4-9-17-18(10-14)28-12-27-17/h4-10,13,21,24H,11-12H2,1-3H3,(H,22,23). The topological polar surface area (TPSA) is 114 Å². The molecule has 1 aliphatic heterocycles. The molecule has 1 amide bonds. The highest BCUT2D eigenvalue weighted by molar-refractivity contribution is 7.89. The van der Waals surface area contributed by atoms with E-state index in [9.17, 15) is 18.3 Å². The first-order valence-corrected chi connectivity index (χ1v) is 10.6. The van der Waals surface area contributed by atoms with Crippen molar-refractivity contribution < 1.29 is 27.8 Å². The molecule has 1 aliphatic rings. The Morgan fingerprint density at radius 3 is 2.45 bits per heavy atom. The summed E-state index contributed by atoms with van der Waals surface area (Å²) in [5, 5.41) is 13.5. The molecule has 0 aromatic heterocycles. The molecule has 0 aliphatic carbocycles. The average Bonchev–Trinajstić information content (AvgIpc) is 3.15. The summed E-state index contributed by atoms with van der Waals surface area (Å²) in [6, 6.07) is 10.8. The highest BCUT2D eigenvalue weighted by Crippen LogP contribution is 2.35. The molecular formula is C20H24N2O6S. The number of anilines is 1. The van der Waals surface area contributed by atoms with Gasteiger partial charge in [-0.15, -0.1) is 0 Å². The van der Waals surface area contributed by atoms with E-state index in [0.29, 0.717) is 22.7 Å². The number of benzene rings is 2. The van der Waals surface area contributed by atoms with Crippen LogP contribution in [0.3, 0.4) is 0 Å². The summed E-state index contributed by atoms with van der Waals surface area (Å²) in [6.07, 6.45) is 0. The van der Waals surface area contributed by atoms with Gasteiger partial charge in [-0.2, -0.15) is 0 Å². The van der Waals surface area contributed by atoms with E-state index in [1.165, 1.54) is 31.2 Å². The second kappa shape index (κ2) is 8.02. The summed E-state index contributed by atoms with van der Waals surface area (Å²) in [7, 11) is -3.85. The predicted molar refractivity (Wildman–Crippen MR) is 107 cm³/mol. The molecule has 0 bridgehead atoms. The Morgan fingerprint density at radius 2 is 1.79 bits per heavy atom. The molecule has 3 rings (SSSR count). The van der Waals surface area contributed by atoms with Gasteiger partial charge in [-0.3, -0.25) is 4.79 Å². The van der Waals surface area contributed by atoms with Crippen molar-refractivity contribution in [3.63, 3.8) is 0 Å². The molecular weight excluding hydrogens is 396 g/mol. The fourth-order valence-electron chi connectivity index (χ4n) is 2.66. The van der Waals surface area contributed by atoms with Crippen molar-refractivity contribution in [3.8, 4) is 11.5 Å². The number of ether oxygens (including phenoxy) is 2. The Hall–Kier alpha value is -2.62. The first-order valence-electron chi connectivity index (χ1n) is 9.11. The van der Waals surface area contributed by atoms with Gasteiger partial charge < -0.3 is 19.9 Å². The quantitative estimate of drug-likeness (QED) is 0.633. The van der Waals surface area contributed by atoms with Gasteiger partial charge in [0.1, 0.15) is 5.60 Å². The van der Waals surface area contributed by atoms with Gasteiger partial charge in [-0.25, -0.2) is 13.1 Å². The van der Waals surface area contributed by atoms with Crippen LogP contribution in [0.15, 0.2) is 47.4 Å². The summed E-state index contributed by atoms with van der Waals surface area (Å²) in [5.74, 6) is 0.747. The highest BCUT2D eigenvalue weighted by Gasteiger charge is 2.28. The van der Waals surface area contributed by atoms with Crippen molar-refractivity contribution in [2.45, 2.75) is 31.3 Å². The second-order valence-electron chi connectivity index (χ2n) is 7.33. The fourth-order valence-corrected chi connectivity index (χ4v) is 3.79.